The van der Waals surface area contributed by atoms with E-state index in [0.717, 1.165) is 18.4 Å². The Morgan fingerprint density at radius 3 is 2.00 bits per heavy atom. The summed E-state index contributed by atoms with van der Waals surface area (Å²) in [6.07, 6.45) is 8.85. The molecule has 0 saturated heterocycles. The molecule has 1 atom stereocenters. The van der Waals surface area contributed by atoms with Gasteiger partial charge in [0.15, 0.2) is 0 Å². The van der Waals surface area contributed by atoms with Crippen LogP contribution in [0, 0.1) is 0 Å². The first kappa shape index (κ1) is 27.1. The van der Waals surface area contributed by atoms with Crippen molar-refractivity contribution in [1.29, 1.82) is 0 Å². The molecule has 0 saturated carbocycles. The first-order chi connectivity index (χ1) is 11.9. The average molecular weight is 375 g/mol. The molecule has 0 fully saturated rings. The third-order valence-corrected chi connectivity index (χ3v) is 3.69. The number of unbranched alkanes of at least 4 members (excludes halogenated alkanes) is 6. The van der Waals surface area contributed by atoms with Crippen LogP contribution in [0.15, 0.2) is 24.3 Å². The molecule has 1 aromatic carbocycles. The summed E-state index contributed by atoms with van der Waals surface area (Å²) in [6.45, 7) is 2.20. The van der Waals surface area contributed by atoms with Crippen molar-refractivity contribution in [1.82, 2.24) is 0 Å². The Labute approximate surface area is 178 Å². The number of hydrogen-bond donors (Lipinski definition) is 3. The van der Waals surface area contributed by atoms with E-state index in [1.54, 1.807) is 12.1 Å². The fourth-order valence-corrected chi connectivity index (χ4v) is 2.20. The summed E-state index contributed by atoms with van der Waals surface area (Å²) >= 11 is 0. The molecule has 0 aliphatic carbocycles. The Balaban J connectivity index is 0. The van der Waals surface area contributed by atoms with Crippen LogP contribution in [0.3, 0.4) is 0 Å². The van der Waals surface area contributed by atoms with E-state index < -0.39 is 18.0 Å². The van der Waals surface area contributed by atoms with Crippen molar-refractivity contribution in [2.75, 3.05) is 0 Å². The summed E-state index contributed by atoms with van der Waals surface area (Å²) in [5.74, 6) is -1.79. The fraction of sp³-hybridized carbons (Fsp3) is 0.579. The van der Waals surface area contributed by atoms with Crippen molar-refractivity contribution < 1.29 is 54.5 Å². The van der Waals surface area contributed by atoms with Gasteiger partial charge in [-0.25, -0.2) is 0 Å². The third kappa shape index (κ3) is 16.4. The molecule has 0 bridgehead atoms. The van der Waals surface area contributed by atoms with Gasteiger partial charge in [-0.2, -0.15) is 0 Å². The predicted octanol–water partition coefficient (Wildman–Crippen LogP) is -0.772. The van der Waals surface area contributed by atoms with E-state index in [1.807, 2.05) is 0 Å². The Hall–Kier alpha value is -1.08. The topological polar surface area (TPSA) is 124 Å². The number of carbonyl (C=O) groups excluding carboxylic acids is 1. The number of benzene rings is 1. The van der Waals surface area contributed by atoms with Crippen molar-refractivity contribution in [3.05, 3.63) is 29.8 Å². The maximum absolute atomic E-state index is 10.3. The minimum Gasteiger partial charge on any atom is -0.548 e. The van der Waals surface area contributed by atoms with E-state index in [0.29, 0.717) is 6.42 Å². The predicted molar refractivity (Wildman–Crippen MR) is 95.0 cm³/mol. The molecule has 0 heterocycles. The van der Waals surface area contributed by atoms with Crippen molar-refractivity contribution in [2.24, 2.45) is 5.73 Å². The number of phenols is 1. The Bertz CT molecular complexity index is 493. The first-order valence-electron chi connectivity index (χ1n) is 8.83. The van der Waals surface area contributed by atoms with E-state index in [2.05, 4.69) is 6.92 Å². The van der Waals surface area contributed by atoms with Crippen LogP contribution in [0.5, 0.6) is 5.75 Å². The first-order valence-corrected chi connectivity index (χ1v) is 8.83. The summed E-state index contributed by atoms with van der Waals surface area (Å²) in [5.41, 5.74) is 6.02. The van der Waals surface area contributed by atoms with E-state index >= 15 is 0 Å². The standard InChI is InChI=1S/C10H20O2.C9H11NO3.Na/c1-2-3-4-5-6-7-8-9-10(11)12;10-8(9(12)13)5-6-1-3-7(11)4-2-6;/h2-9H2,1H3,(H,11,12);1-4,8,11H,5,10H2,(H,12,13);/q;;+1/p-1/t;8-;/m.0./s1. The van der Waals surface area contributed by atoms with Gasteiger partial charge in [-0.3, -0.25) is 4.79 Å². The molecule has 1 rings (SSSR count). The van der Waals surface area contributed by atoms with Gasteiger partial charge in [0.1, 0.15) is 5.75 Å². The summed E-state index contributed by atoms with van der Waals surface area (Å²) in [7, 11) is 0. The third-order valence-electron chi connectivity index (χ3n) is 3.69. The molecule has 0 aromatic heterocycles. The van der Waals surface area contributed by atoms with Crippen LogP contribution in [0.4, 0.5) is 0 Å². The van der Waals surface area contributed by atoms with Crippen molar-refractivity contribution >= 4 is 11.9 Å². The van der Waals surface area contributed by atoms with Crippen LogP contribution in [-0.2, 0) is 16.0 Å². The number of hydrogen-bond acceptors (Lipinski definition) is 5. The number of nitrogens with two attached hydrogens (primary N) is 1. The largest absolute Gasteiger partial charge is 1.00 e. The Morgan fingerprint density at radius 1 is 1.04 bits per heavy atom. The molecule has 4 N–H and O–H groups in total. The zero-order valence-corrected chi connectivity index (χ0v) is 17.9. The maximum atomic E-state index is 10.3. The van der Waals surface area contributed by atoms with Gasteiger partial charge < -0.3 is 25.8 Å². The van der Waals surface area contributed by atoms with Gasteiger partial charge in [-0.15, -0.1) is 0 Å². The fourth-order valence-electron chi connectivity index (χ4n) is 2.20. The number of carbonyl (C=O) groups is 2. The van der Waals surface area contributed by atoms with Gasteiger partial charge in [0.05, 0.1) is 5.97 Å². The van der Waals surface area contributed by atoms with Crippen LogP contribution < -0.4 is 40.4 Å². The molecule has 0 spiro atoms. The number of aromatic hydroxyl groups is 1. The van der Waals surface area contributed by atoms with Gasteiger partial charge in [0.25, 0.3) is 0 Å². The number of phenolic OH excluding ortho intramolecular Hbond substituents is 1. The maximum Gasteiger partial charge on any atom is 1.00 e. The molecule has 0 aliphatic heterocycles. The van der Waals surface area contributed by atoms with E-state index in [-0.39, 0.29) is 41.7 Å². The van der Waals surface area contributed by atoms with Gasteiger partial charge >= 0.3 is 35.5 Å². The second-order valence-corrected chi connectivity index (χ2v) is 6.06. The normalized spacial score (nSPS) is 10.8. The number of carboxylic acids is 2. The number of rotatable bonds is 11. The molecule has 1 aromatic rings. The molecule has 142 valence electrons. The summed E-state index contributed by atoms with van der Waals surface area (Å²) < 4.78 is 0. The summed E-state index contributed by atoms with van der Waals surface area (Å²) in [6, 6.07) is 5.22. The molecule has 0 unspecified atom stereocenters. The van der Waals surface area contributed by atoms with Gasteiger partial charge in [-0.1, -0.05) is 57.6 Å². The average Bonchev–Trinajstić information content (AvgIpc) is 2.56. The van der Waals surface area contributed by atoms with Gasteiger partial charge in [0, 0.05) is 12.5 Å². The van der Waals surface area contributed by atoms with Crippen molar-refractivity contribution in [3.8, 4) is 5.75 Å². The van der Waals surface area contributed by atoms with Crippen LogP contribution in [0.2, 0.25) is 0 Å². The van der Waals surface area contributed by atoms with E-state index in [4.69, 9.17) is 15.9 Å². The Kier molecular flexibility index (Phi) is 18.1. The van der Waals surface area contributed by atoms with E-state index in [1.165, 1.54) is 44.2 Å². The van der Waals surface area contributed by atoms with Gasteiger partial charge in [-0.05, 0) is 30.5 Å². The quantitative estimate of drug-likeness (QED) is 0.345. The van der Waals surface area contributed by atoms with Crippen molar-refractivity contribution in [2.45, 2.75) is 70.8 Å². The van der Waals surface area contributed by atoms with Crippen LogP contribution >= 0.6 is 0 Å². The molecule has 0 amide bonds. The second-order valence-electron chi connectivity index (χ2n) is 6.06. The number of aliphatic carboxylic acids is 2. The molecule has 26 heavy (non-hydrogen) atoms. The molecule has 0 radical (unpaired) electrons. The molecule has 7 heteroatoms. The van der Waals surface area contributed by atoms with Crippen LogP contribution in [0.25, 0.3) is 0 Å². The summed E-state index contributed by atoms with van der Waals surface area (Å²) in [4.78, 5) is 20.4. The minimum absolute atomic E-state index is 0. The van der Waals surface area contributed by atoms with Crippen LogP contribution in [0.1, 0.15) is 63.9 Å². The SMILES string of the molecule is CCCCCCCCCC(=O)O.N[C@@H](Cc1ccc(O)cc1)C(=O)[O-].[Na+]. The monoisotopic (exact) mass is 375 g/mol. The molecule has 6 nitrogen and oxygen atoms in total. The molecular formula is C19H30NNaO5. The zero-order valence-electron chi connectivity index (χ0n) is 15.9. The minimum atomic E-state index is -1.27. The number of carboxylic acid groups (broad SMARTS) is 2. The van der Waals surface area contributed by atoms with Crippen molar-refractivity contribution in [3.63, 3.8) is 0 Å². The van der Waals surface area contributed by atoms with E-state index in [9.17, 15) is 14.7 Å². The smallest absolute Gasteiger partial charge is 0.548 e. The molecule has 0 aliphatic rings. The summed E-state index contributed by atoms with van der Waals surface area (Å²) in [5, 5.41) is 27.6. The molecular weight excluding hydrogens is 345 g/mol. The zero-order chi connectivity index (χ0) is 19.1. The second kappa shape index (κ2) is 17.3. The Morgan fingerprint density at radius 2 is 1.54 bits per heavy atom. The van der Waals surface area contributed by atoms with Crippen LogP contribution in [-0.4, -0.2) is 28.2 Å². The van der Waals surface area contributed by atoms with Gasteiger partial charge in [0.2, 0.25) is 0 Å².